The lowest BCUT2D eigenvalue weighted by Gasteiger charge is -2.14. The lowest BCUT2D eigenvalue weighted by Crippen LogP contribution is -2.21. The van der Waals surface area contributed by atoms with Gasteiger partial charge in [-0.1, -0.05) is 0 Å². The quantitative estimate of drug-likeness (QED) is 0.476. The monoisotopic (exact) mass is 315 g/mol. The maximum absolute atomic E-state index is 13.8. The van der Waals surface area contributed by atoms with Crippen LogP contribution < -0.4 is 4.74 Å². The minimum Gasteiger partial charge on any atom is -0.466 e. The number of pyridine rings is 1. The molecule has 0 aliphatic rings. The molecule has 0 aromatic carbocycles. The number of esters is 1. The first-order valence-electron chi connectivity index (χ1n) is 5.42. The van der Waals surface area contributed by atoms with Gasteiger partial charge in [-0.3, -0.25) is 9.78 Å². The van der Waals surface area contributed by atoms with Crippen molar-refractivity contribution in [2.75, 3.05) is 6.61 Å². The fourth-order valence-electron chi connectivity index (χ4n) is 1.33. The van der Waals surface area contributed by atoms with E-state index in [-0.39, 0.29) is 18.1 Å². The predicted octanol–water partition coefficient (Wildman–Crippen LogP) is 2.96. The topological polar surface area (TPSA) is 48.4 Å². The van der Waals surface area contributed by atoms with Crippen LogP contribution >= 0.6 is 11.6 Å². The minimum absolute atomic E-state index is 0.0382. The molecule has 0 fully saturated rings. The van der Waals surface area contributed by atoms with E-state index in [9.17, 15) is 22.4 Å². The molecule has 0 spiro atoms. The summed E-state index contributed by atoms with van der Waals surface area (Å²) < 4.78 is 58.7. The fourth-order valence-corrected chi connectivity index (χ4v) is 1.52. The standard InChI is InChI=1S/C11H10ClF4NO3/c1-2-19-8(18)3-7-10(20-11(14,15)16)9(13)6(4-12)5-17-7/h5H,2-4H2,1H3. The number of halogens is 5. The molecule has 0 bridgehead atoms. The second kappa shape index (κ2) is 6.74. The second-order valence-electron chi connectivity index (χ2n) is 3.54. The number of ether oxygens (including phenoxy) is 2. The van der Waals surface area contributed by atoms with Crippen LogP contribution in [0.1, 0.15) is 18.2 Å². The van der Waals surface area contributed by atoms with Crippen molar-refractivity contribution in [2.24, 2.45) is 0 Å². The SMILES string of the molecule is CCOC(=O)Cc1ncc(CCl)c(F)c1OC(F)(F)F. The summed E-state index contributed by atoms with van der Waals surface area (Å²) in [6.45, 7) is 1.56. The molecule has 1 aromatic rings. The lowest BCUT2D eigenvalue weighted by atomic mass is 10.2. The largest absolute Gasteiger partial charge is 0.573 e. The molecular weight excluding hydrogens is 306 g/mol. The average molecular weight is 316 g/mol. The zero-order valence-electron chi connectivity index (χ0n) is 10.3. The number of nitrogens with zero attached hydrogens (tertiary/aromatic N) is 1. The third kappa shape index (κ3) is 4.52. The average Bonchev–Trinajstić information content (AvgIpc) is 2.33. The third-order valence-corrected chi connectivity index (χ3v) is 2.39. The van der Waals surface area contributed by atoms with Crippen molar-refractivity contribution in [3.05, 3.63) is 23.3 Å². The molecule has 0 unspecified atom stereocenters. The summed E-state index contributed by atoms with van der Waals surface area (Å²) in [5, 5.41) is 0. The zero-order valence-corrected chi connectivity index (χ0v) is 11.0. The second-order valence-corrected chi connectivity index (χ2v) is 3.80. The van der Waals surface area contributed by atoms with Crippen molar-refractivity contribution < 1.29 is 31.8 Å². The number of alkyl halides is 4. The fraction of sp³-hybridized carbons (Fsp3) is 0.455. The molecule has 0 saturated carbocycles. The first kappa shape index (κ1) is 16.5. The molecule has 0 aliphatic heterocycles. The van der Waals surface area contributed by atoms with Crippen LogP contribution in [0.25, 0.3) is 0 Å². The van der Waals surface area contributed by atoms with Gasteiger partial charge in [0.1, 0.15) is 0 Å². The molecule has 1 rings (SSSR count). The molecule has 20 heavy (non-hydrogen) atoms. The zero-order chi connectivity index (χ0) is 15.3. The van der Waals surface area contributed by atoms with Gasteiger partial charge in [0.2, 0.25) is 0 Å². The van der Waals surface area contributed by atoms with Crippen LogP contribution in [0.3, 0.4) is 0 Å². The molecular formula is C11H10ClF4NO3. The summed E-state index contributed by atoms with van der Waals surface area (Å²) in [5.41, 5.74) is -0.773. The van der Waals surface area contributed by atoms with E-state index in [0.29, 0.717) is 0 Å². The van der Waals surface area contributed by atoms with Gasteiger partial charge in [-0.05, 0) is 6.92 Å². The molecule has 1 heterocycles. The smallest absolute Gasteiger partial charge is 0.466 e. The first-order chi connectivity index (χ1) is 9.28. The van der Waals surface area contributed by atoms with E-state index in [1.54, 1.807) is 0 Å². The van der Waals surface area contributed by atoms with Gasteiger partial charge >= 0.3 is 12.3 Å². The third-order valence-electron chi connectivity index (χ3n) is 2.10. The van der Waals surface area contributed by atoms with Gasteiger partial charge in [-0.2, -0.15) is 0 Å². The molecule has 9 heteroatoms. The molecule has 4 nitrogen and oxygen atoms in total. The molecule has 0 aliphatic carbocycles. The van der Waals surface area contributed by atoms with Crippen LogP contribution in [0.5, 0.6) is 5.75 Å². The van der Waals surface area contributed by atoms with Crippen molar-refractivity contribution in [3.8, 4) is 5.75 Å². The molecule has 0 radical (unpaired) electrons. The highest BCUT2D eigenvalue weighted by Crippen LogP contribution is 2.30. The summed E-state index contributed by atoms with van der Waals surface area (Å²) in [6, 6.07) is 0. The maximum Gasteiger partial charge on any atom is 0.573 e. The lowest BCUT2D eigenvalue weighted by molar-refractivity contribution is -0.276. The summed E-state index contributed by atoms with van der Waals surface area (Å²) in [4.78, 5) is 14.8. The number of aromatic nitrogens is 1. The van der Waals surface area contributed by atoms with Crippen molar-refractivity contribution in [3.63, 3.8) is 0 Å². The van der Waals surface area contributed by atoms with Gasteiger partial charge in [0.05, 0.1) is 24.6 Å². The molecule has 0 atom stereocenters. The Kier molecular flexibility index (Phi) is 5.55. The van der Waals surface area contributed by atoms with E-state index < -0.39 is 36.0 Å². The highest BCUT2D eigenvalue weighted by atomic mass is 35.5. The van der Waals surface area contributed by atoms with Crippen molar-refractivity contribution in [1.82, 2.24) is 4.98 Å². The first-order valence-corrected chi connectivity index (χ1v) is 5.95. The van der Waals surface area contributed by atoms with Crippen LogP contribution in [-0.4, -0.2) is 23.9 Å². The Labute approximate surface area is 116 Å². The van der Waals surface area contributed by atoms with Crippen LogP contribution in [0.2, 0.25) is 0 Å². The number of rotatable bonds is 5. The maximum atomic E-state index is 13.8. The van der Waals surface area contributed by atoms with E-state index in [2.05, 4.69) is 14.5 Å². The van der Waals surface area contributed by atoms with Gasteiger partial charge < -0.3 is 9.47 Å². The Morgan fingerprint density at radius 3 is 2.60 bits per heavy atom. The summed E-state index contributed by atoms with van der Waals surface area (Å²) in [7, 11) is 0. The highest BCUT2D eigenvalue weighted by molar-refractivity contribution is 6.17. The highest BCUT2D eigenvalue weighted by Gasteiger charge is 2.35. The minimum atomic E-state index is -5.11. The van der Waals surface area contributed by atoms with Crippen LogP contribution in [-0.2, 0) is 21.8 Å². The van der Waals surface area contributed by atoms with Gasteiger partial charge in [-0.15, -0.1) is 24.8 Å². The summed E-state index contributed by atoms with van der Waals surface area (Å²) in [5.74, 6) is -3.69. The number of carbonyl (C=O) groups is 1. The molecule has 1 aromatic heterocycles. The molecule has 112 valence electrons. The van der Waals surface area contributed by atoms with Crippen LogP contribution in [0.15, 0.2) is 6.20 Å². The van der Waals surface area contributed by atoms with E-state index in [4.69, 9.17) is 11.6 Å². The van der Waals surface area contributed by atoms with E-state index in [1.807, 2.05) is 0 Å². The van der Waals surface area contributed by atoms with Crippen molar-refractivity contribution >= 4 is 17.6 Å². The van der Waals surface area contributed by atoms with Crippen LogP contribution in [0, 0.1) is 5.82 Å². The van der Waals surface area contributed by atoms with Gasteiger partial charge in [0, 0.05) is 11.8 Å². The summed E-state index contributed by atoms with van der Waals surface area (Å²) >= 11 is 5.37. The van der Waals surface area contributed by atoms with E-state index >= 15 is 0 Å². The Hall–Kier alpha value is -1.57. The normalized spacial score (nSPS) is 11.3. The van der Waals surface area contributed by atoms with E-state index in [0.717, 1.165) is 6.20 Å². The Morgan fingerprint density at radius 2 is 2.10 bits per heavy atom. The van der Waals surface area contributed by atoms with Crippen molar-refractivity contribution in [2.45, 2.75) is 25.6 Å². The molecule has 0 N–H and O–H groups in total. The summed E-state index contributed by atoms with van der Waals surface area (Å²) in [6.07, 6.45) is -4.81. The Balaban J connectivity index is 3.15. The van der Waals surface area contributed by atoms with Gasteiger partial charge in [-0.25, -0.2) is 4.39 Å². The van der Waals surface area contributed by atoms with E-state index in [1.165, 1.54) is 6.92 Å². The number of hydrogen-bond acceptors (Lipinski definition) is 4. The molecule has 0 saturated heterocycles. The van der Waals surface area contributed by atoms with Crippen molar-refractivity contribution in [1.29, 1.82) is 0 Å². The van der Waals surface area contributed by atoms with Gasteiger partial charge in [0.15, 0.2) is 11.6 Å². The number of hydrogen-bond donors (Lipinski definition) is 0. The Bertz CT molecular complexity index is 493. The molecule has 0 amide bonds. The Morgan fingerprint density at radius 1 is 1.45 bits per heavy atom. The number of carbonyl (C=O) groups excluding carboxylic acids is 1. The van der Waals surface area contributed by atoms with Gasteiger partial charge in [0.25, 0.3) is 0 Å². The van der Waals surface area contributed by atoms with Crippen LogP contribution in [0.4, 0.5) is 17.6 Å². The predicted molar refractivity (Wildman–Crippen MR) is 60.8 cm³/mol.